The number of aromatic nitrogens is 1. The van der Waals surface area contributed by atoms with Crippen molar-refractivity contribution in [2.45, 2.75) is 39.3 Å². The van der Waals surface area contributed by atoms with E-state index >= 15 is 0 Å². The summed E-state index contributed by atoms with van der Waals surface area (Å²) in [5.74, 6) is -0.121. The van der Waals surface area contributed by atoms with Crippen LogP contribution in [0.3, 0.4) is 0 Å². The number of hydrogen-bond donors (Lipinski definition) is 0. The van der Waals surface area contributed by atoms with Gasteiger partial charge in [0.25, 0.3) is 0 Å². The minimum atomic E-state index is -0.200. The molecule has 2 aliphatic heterocycles. The van der Waals surface area contributed by atoms with E-state index in [0.717, 1.165) is 42.1 Å². The summed E-state index contributed by atoms with van der Waals surface area (Å²) in [6, 6.07) is 14.1. The summed E-state index contributed by atoms with van der Waals surface area (Å²) in [5, 5.41) is 0. The molecule has 1 aromatic carbocycles. The fourth-order valence-electron chi connectivity index (χ4n) is 4.11. The van der Waals surface area contributed by atoms with E-state index in [-0.39, 0.29) is 18.5 Å². The van der Waals surface area contributed by atoms with Crippen LogP contribution in [0.2, 0.25) is 0 Å². The summed E-state index contributed by atoms with van der Waals surface area (Å²) in [6.45, 7) is 6.08. The maximum absolute atomic E-state index is 12.3. The van der Waals surface area contributed by atoms with Gasteiger partial charge in [-0.25, -0.2) is 4.79 Å². The predicted molar refractivity (Wildman–Crippen MR) is 112 cm³/mol. The molecule has 152 valence electrons. The van der Waals surface area contributed by atoms with E-state index in [1.165, 1.54) is 24.2 Å². The highest BCUT2D eigenvalue weighted by Crippen LogP contribution is 2.21. The van der Waals surface area contributed by atoms with Crippen LogP contribution in [0.15, 0.2) is 42.5 Å². The minimum Gasteiger partial charge on any atom is -0.311 e. The van der Waals surface area contributed by atoms with Crippen LogP contribution in [0.5, 0.6) is 0 Å². The van der Waals surface area contributed by atoms with Gasteiger partial charge in [0.1, 0.15) is 6.54 Å². The second kappa shape index (κ2) is 8.74. The lowest BCUT2D eigenvalue weighted by Crippen LogP contribution is -2.32. The molecule has 2 fully saturated rings. The molecule has 2 aliphatic rings. The lowest BCUT2D eigenvalue weighted by atomic mass is 10.1. The molecular formula is C23H28N4O2. The molecule has 2 aromatic rings. The molecule has 0 radical (unpaired) electrons. The minimum absolute atomic E-state index is 0.121. The first-order chi connectivity index (χ1) is 14.1. The average Bonchev–Trinajstić information content (AvgIpc) is 3.02. The molecule has 1 aromatic heterocycles. The first-order valence-electron chi connectivity index (χ1n) is 10.5. The molecule has 0 aliphatic carbocycles. The Bertz CT molecular complexity index is 875. The van der Waals surface area contributed by atoms with Crippen LogP contribution in [0, 0.1) is 0 Å². The Morgan fingerprint density at radius 2 is 1.69 bits per heavy atom. The maximum atomic E-state index is 12.3. The van der Waals surface area contributed by atoms with E-state index < -0.39 is 0 Å². The summed E-state index contributed by atoms with van der Waals surface area (Å²) < 4.78 is 0. The molecule has 0 bridgehead atoms. The summed E-state index contributed by atoms with van der Waals surface area (Å²) in [5.41, 5.74) is 4.15. The molecule has 4 rings (SSSR count). The highest BCUT2D eigenvalue weighted by Gasteiger charge is 2.34. The number of imide groups is 1. The summed E-state index contributed by atoms with van der Waals surface area (Å²) in [4.78, 5) is 34.4. The van der Waals surface area contributed by atoms with Gasteiger partial charge in [0, 0.05) is 25.2 Å². The van der Waals surface area contributed by atoms with Crippen LogP contribution in [0.1, 0.15) is 37.4 Å². The Kier molecular flexibility index (Phi) is 5.90. The lowest BCUT2D eigenvalue weighted by molar-refractivity contribution is -0.125. The number of urea groups is 1. The molecule has 3 amide bonds. The summed E-state index contributed by atoms with van der Waals surface area (Å²) >= 11 is 0. The molecule has 29 heavy (non-hydrogen) atoms. The number of carbonyl (C=O) groups excluding carboxylic acids is 2. The molecule has 6 nitrogen and oxygen atoms in total. The maximum Gasteiger partial charge on any atom is 0.327 e. The second-order valence-electron chi connectivity index (χ2n) is 7.82. The van der Waals surface area contributed by atoms with Crippen LogP contribution in [-0.2, 0) is 17.9 Å². The van der Waals surface area contributed by atoms with Crippen molar-refractivity contribution in [1.29, 1.82) is 0 Å². The lowest BCUT2D eigenvalue weighted by Gasteiger charge is -2.26. The number of likely N-dealkylation sites (N-methyl/N-ethyl adjacent to an activating group) is 1. The van der Waals surface area contributed by atoms with Crippen molar-refractivity contribution in [3.8, 4) is 11.3 Å². The summed E-state index contributed by atoms with van der Waals surface area (Å²) in [6.07, 6.45) is 3.90. The van der Waals surface area contributed by atoms with Crippen molar-refractivity contribution in [3.63, 3.8) is 0 Å². The van der Waals surface area contributed by atoms with E-state index in [1.807, 2.05) is 37.3 Å². The highest BCUT2D eigenvalue weighted by molar-refractivity contribution is 6.01. The second-order valence-corrected chi connectivity index (χ2v) is 7.82. The number of carbonyl (C=O) groups is 2. The number of benzene rings is 1. The van der Waals surface area contributed by atoms with Gasteiger partial charge in [-0.15, -0.1) is 0 Å². The Labute approximate surface area is 172 Å². The van der Waals surface area contributed by atoms with E-state index in [0.29, 0.717) is 13.1 Å². The number of nitrogens with zero attached hydrogens (tertiary/aromatic N) is 4. The van der Waals surface area contributed by atoms with Crippen molar-refractivity contribution in [3.05, 3.63) is 53.7 Å². The number of piperidine rings is 1. The SMILES string of the molecule is CCN1C(=O)CN(Cc2ccc(-c3cccc(CN4CCCCC4)n3)cc2)C1=O. The first kappa shape index (κ1) is 19.6. The molecule has 0 N–H and O–H groups in total. The van der Waals surface area contributed by atoms with Gasteiger partial charge in [-0.05, 0) is 50.6 Å². The quantitative estimate of drug-likeness (QED) is 0.706. The van der Waals surface area contributed by atoms with Gasteiger partial charge in [-0.3, -0.25) is 19.6 Å². The van der Waals surface area contributed by atoms with Crippen molar-refractivity contribution < 1.29 is 9.59 Å². The van der Waals surface area contributed by atoms with Crippen molar-refractivity contribution in [1.82, 2.24) is 19.7 Å². The monoisotopic (exact) mass is 392 g/mol. The third-order valence-electron chi connectivity index (χ3n) is 5.71. The van der Waals surface area contributed by atoms with Gasteiger partial charge in [0.15, 0.2) is 0 Å². The Morgan fingerprint density at radius 3 is 2.38 bits per heavy atom. The zero-order valence-corrected chi connectivity index (χ0v) is 17.0. The molecule has 3 heterocycles. The molecule has 0 unspecified atom stereocenters. The molecule has 0 atom stereocenters. The Hall–Kier alpha value is -2.73. The van der Waals surface area contributed by atoms with Gasteiger partial charge in [-0.2, -0.15) is 0 Å². The van der Waals surface area contributed by atoms with Gasteiger partial charge in [0.05, 0.1) is 11.4 Å². The van der Waals surface area contributed by atoms with E-state index in [4.69, 9.17) is 4.98 Å². The first-order valence-corrected chi connectivity index (χ1v) is 10.5. The zero-order valence-electron chi connectivity index (χ0n) is 17.0. The Morgan fingerprint density at radius 1 is 0.931 bits per heavy atom. The number of rotatable bonds is 6. The largest absolute Gasteiger partial charge is 0.327 e. The van der Waals surface area contributed by atoms with Gasteiger partial charge < -0.3 is 4.90 Å². The van der Waals surface area contributed by atoms with Crippen LogP contribution in [0.4, 0.5) is 4.79 Å². The average molecular weight is 393 g/mol. The number of pyridine rings is 1. The fourth-order valence-corrected chi connectivity index (χ4v) is 4.11. The molecule has 0 saturated carbocycles. The topological polar surface area (TPSA) is 56.8 Å². The normalized spacial score (nSPS) is 18.0. The zero-order chi connectivity index (χ0) is 20.2. The molecule has 6 heteroatoms. The highest BCUT2D eigenvalue weighted by atomic mass is 16.2. The standard InChI is InChI=1S/C23H28N4O2/c1-2-27-22(28)17-26(23(27)29)15-18-9-11-19(12-10-18)21-8-6-7-20(24-21)16-25-13-4-3-5-14-25/h6-12H,2-5,13-17H2,1H3. The fraction of sp³-hybridized carbons (Fsp3) is 0.435. The number of hydrogen-bond acceptors (Lipinski definition) is 4. The number of likely N-dealkylation sites (tertiary alicyclic amines) is 1. The predicted octanol–water partition coefficient (Wildman–Crippen LogP) is 3.52. The van der Waals surface area contributed by atoms with E-state index in [9.17, 15) is 9.59 Å². The molecular weight excluding hydrogens is 364 g/mol. The van der Waals surface area contributed by atoms with Crippen LogP contribution >= 0.6 is 0 Å². The summed E-state index contributed by atoms with van der Waals surface area (Å²) in [7, 11) is 0. The Balaban J connectivity index is 1.42. The van der Waals surface area contributed by atoms with E-state index in [1.54, 1.807) is 4.90 Å². The van der Waals surface area contributed by atoms with Crippen molar-refractivity contribution in [2.24, 2.45) is 0 Å². The molecule has 0 spiro atoms. The van der Waals surface area contributed by atoms with Crippen LogP contribution < -0.4 is 0 Å². The smallest absolute Gasteiger partial charge is 0.311 e. The molecule has 2 saturated heterocycles. The van der Waals surface area contributed by atoms with Gasteiger partial charge >= 0.3 is 6.03 Å². The van der Waals surface area contributed by atoms with Crippen LogP contribution in [0.25, 0.3) is 11.3 Å². The van der Waals surface area contributed by atoms with E-state index in [2.05, 4.69) is 17.0 Å². The third kappa shape index (κ3) is 4.48. The van der Waals surface area contributed by atoms with Crippen LogP contribution in [-0.4, -0.2) is 57.8 Å². The third-order valence-corrected chi connectivity index (χ3v) is 5.71. The number of amides is 3. The van der Waals surface area contributed by atoms with Crippen molar-refractivity contribution >= 4 is 11.9 Å². The van der Waals surface area contributed by atoms with Crippen molar-refractivity contribution in [2.75, 3.05) is 26.2 Å². The van der Waals surface area contributed by atoms with Gasteiger partial charge in [0.2, 0.25) is 5.91 Å². The van der Waals surface area contributed by atoms with Gasteiger partial charge in [-0.1, -0.05) is 36.8 Å².